The zero-order valence-corrected chi connectivity index (χ0v) is 17.4. The third-order valence-corrected chi connectivity index (χ3v) is 4.98. The van der Waals surface area contributed by atoms with Crippen molar-refractivity contribution in [3.05, 3.63) is 82.2 Å². The summed E-state index contributed by atoms with van der Waals surface area (Å²) in [5.41, 5.74) is 2.19. The normalized spacial score (nSPS) is 10.9. The Kier molecular flexibility index (Phi) is 6.20. The van der Waals surface area contributed by atoms with Crippen molar-refractivity contribution < 1.29 is 9.18 Å². The summed E-state index contributed by atoms with van der Waals surface area (Å²) in [6, 6.07) is 7.28. The fourth-order valence-corrected chi connectivity index (χ4v) is 3.26. The molecule has 9 nitrogen and oxygen atoms in total. The molecule has 0 saturated heterocycles. The van der Waals surface area contributed by atoms with Crippen molar-refractivity contribution in [2.45, 2.75) is 26.4 Å². The number of nitrogens with zero attached hydrogens (tertiary/aromatic N) is 4. The van der Waals surface area contributed by atoms with Gasteiger partial charge in [-0.25, -0.2) is 14.4 Å². The molecule has 0 aliphatic rings. The van der Waals surface area contributed by atoms with E-state index in [1.54, 1.807) is 31.6 Å². The third kappa shape index (κ3) is 4.80. The maximum atomic E-state index is 13.7. The van der Waals surface area contributed by atoms with Gasteiger partial charge in [0.1, 0.15) is 18.0 Å². The average molecular weight is 435 g/mol. The van der Waals surface area contributed by atoms with Gasteiger partial charge in [-0.2, -0.15) is 0 Å². The van der Waals surface area contributed by atoms with Gasteiger partial charge in [-0.05, 0) is 30.7 Å². The Morgan fingerprint density at radius 3 is 2.91 bits per heavy atom. The van der Waals surface area contributed by atoms with Crippen molar-refractivity contribution in [3.63, 3.8) is 0 Å². The second kappa shape index (κ2) is 9.38. The highest BCUT2D eigenvalue weighted by atomic mass is 19.1. The molecule has 4 heterocycles. The maximum Gasteiger partial charge on any atom is 0.293 e. The molecule has 0 aromatic carbocycles. The van der Waals surface area contributed by atoms with E-state index in [2.05, 4.69) is 30.6 Å². The van der Waals surface area contributed by atoms with Crippen molar-refractivity contribution >= 4 is 22.8 Å². The standard InChI is InChI=1S/C22H22FN7O2/c1-14-9-27-21(25-7-5-16-4-2-3-6-24-16)22(32)30(14)13-19(31)26-10-15-8-17-18(23)12-29-20(17)28-11-15/h2-4,6,8-9,11-12H,5,7,10,13H2,1H3,(H,25,27)(H,26,31)(H,28,29). The van der Waals surface area contributed by atoms with Gasteiger partial charge < -0.3 is 15.6 Å². The number of pyridine rings is 2. The number of rotatable bonds is 8. The molecule has 4 aromatic rings. The molecule has 4 rings (SSSR count). The van der Waals surface area contributed by atoms with Gasteiger partial charge in [0.2, 0.25) is 5.91 Å². The number of H-pyrrole nitrogens is 1. The first-order valence-corrected chi connectivity index (χ1v) is 10.1. The lowest BCUT2D eigenvalue weighted by Gasteiger charge is -2.12. The topological polar surface area (TPSA) is 118 Å². The molecule has 0 atom stereocenters. The van der Waals surface area contributed by atoms with E-state index in [0.29, 0.717) is 35.3 Å². The molecule has 0 aliphatic heterocycles. The maximum absolute atomic E-state index is 13.7. The van der Waals surface area contributed by atoms with Gasteiger partial charge in [0, 0.05) is 55.7 Å². The highest BCUT2D eigenvalue weighted by Crippen LogP contribution is 2.15. The largest absolute Gasteiger partial charge is 0.365 e. The smallest absolute Gasteiger partial charge is 0.293 e. The molecule has 0 bridgehead atoms. The zero-order chi connectivity index (χ0) is 22.5. The average Bonchev–Trinajstić information content (AvgIpc) is 3.17. The number of fused-ring (bicyclic) bond motifs is 1. The Hall–Kier alpha value is -4.08. The molecule has 0 radical (unpaired) electrons. The minimum atomic E-state index is -0.400. The molecule has 32 heavy (non-hydrogen) atoms. The molecular weight excluding hydrogens is 413 g/mol. The number of carbonyl (C=O) groups excluding carboxylic acids is 1. The number of anilines is 1. The summed E-state index contributed by atoms with van der Waals surface area (Å²) in [5.74, 6) is -0.574. The number of halogens is 1. The Morgan fingerprint density at radius 1 is 1.22 bits per heavy atom. The SMILES string of the molecule is Cc1cnc(NCCc2ccccn2)c(=O)n1CC(=O)NCc1cnc2[nH]cc(F)c2c1. The number of carbonyl (C=O) groups is 1. The number of hydrogen-bond acceptors (Lipinski definition) is 6. The van der Waals surface area contributed by atoms with Crippen molar-refractivity contribution in [1.29, 1.82) is 0 Å². The Labute approximate surface area is 182 Å². The quantitative estimate of drug-likeness (QED) is 0.389. The van der Waals surface area contributed by atoms with Crippen LogP contribution >= 0.6 is 0 Å². The number of aromatic nitrogens is 5. The van der Waals surface area contributed by atoms with E-state index in [4.69, 9.17) is 0 Å². The summed E-state index contributed by atoms with van der Waals surface area (Å²) < 4.78 is 15.1. The van der Waals surface area contributed by atoms with E-state index in [9.17, 15) is 14.0 Å². The molecule has 4 aromatic heterocycles. The fourth-order valence-electron chi connectivity index (χ4n) is 3.26. The Balaban J connectivity index is 1.37. The van der Waals surface area contributed by atoms with Crippen LogP contribution in [-0.4, -0.2) is 37.0 Å². The molecular formula is C22H22FN7O2. The first-order chi connectivity index (χ1) is 15.5. The minimum absolute atomic E-state index is 0.156. The van der Waals surface area contributed by atoms with Gasteiger partial charge in [0.25, 0.3) is 5.56 Å². The van der Waals surface area contributed by atoms with E-state index in [1.165, 1.54) is 10.8 Å². The lowest BCUT2D eigenvalue weighted by atomic mass is 10.2. The Bertz CT molecular complexity index is 1300. The van der Waals surface area contributed by atoms with E-state index in [1.807, 2.05) is 18.2 Å². The van der Waals surface area contributed by atoms with Crippen LogP contribution in [0, 0.1) is 12.7 Å². The lowest BCUT2D eigenvalue weighted by Crippen LogP contribution is -2.34. The lowest BCUT2D eigenvalue weighted by molar-refractivity contribution is -0.121. The number of nitrogens with one attached hydrogen (secondary N) is 3. The van der Waals surface area contributed by atoms with Crippen LogP contribution in [0.25, 0.3) is 11.0 Å². The molecule has 0 saturated carbocycles. The molecule has 3 N–H and O–H groups in total. The predicted molar refractivity (Wildman–Crippen MR) is 118 cm³/mol. The molecule has 0 unspecified atom stereocenters. The first kappa shape index (κ1) is 21.2. The number of aryl methyl sites for hydroxylation is 1. The van der Waals surface area contributed by atoms with Crippen molar-refractivity contribution in [1.82, 2.24) is 29.8 Å². The first-order valence-electron chi connectivity index (χ1n) is 10.1. The number of amides is 1. The summed E-state index contributed by atoms with van der Waals surface area (Å²) in [4.78, 5) is 40.5. The van der Waals surface area contributed by atoms with Gasteiger partial charge >= 0.3 is 0 Å². The van der Waals surface area contributed by atoms with Gasteiger partial charge in [-0.15, -0.1) is 0 Å². The van der Waals surface area contributed by atoms with Gasteiger partial charge in [-0.3, -0.25) is 19.1 Å². The van der Waals surface area contributed by atoms with E-state index in [0.717, 1.165) is 5.69 Å². The molecule has 0 spiro atoms. The molecule has 0 fully saturated rings. The van der Waals surface area contributed by atoms with E-state index in [-0.39, 0.29) is 30.4 Å². The van der Waals surface area contributed by atoms with Crippen LogP contribution in [0.1, 0.15) is 17.0 Å². The van der Waals surface area contributed by atoms with Crippen LogP contribution in [0.2, 0.25) is 0 Å². The highest BCUT2D eigenvalue weighted by molar-refractivity contribution is 5.78. The van der Waals surface area contributed by atoms with Crippen LogP contribution in [-0.2, 0) is 24.3 Å². The van der Waals surface area contributed by atoms with Crippen LogP contribution in [0.3, 0.4) is 0 Å². The minimum Gasteiger partial charge on any atom is -0.365 e. The predicted octanol–water partition coefficient (Wildman–Crippen LogP) is 1.93. The van der Waals surface area contributed by atoms with Crippen LogP contribution in [0.5, 0.6) is 0 Å². The highest BCUT2D eigenvalue weighted by Gasteiger charge is 2.12. The summed E-state index contributed by atoms with van der Waals surface area (Å²) in [5, 5.41) is 6.12. The number of hydrogen-bond donors (Lipinski definition) is 3. The van der Waals surface area contributed by atoms with Crippen LogP contribution in [0.15, 0.2) is 53.8 Å². The van der Waals surface area contributed by atoms with Gasteiger partial charge in [-0.1, -0.05) is 6.07 Å². The Morgan fingerprint density at radius 2 is 2.09 bits per heavy atom. The second-order valence-electron chi connectivity index (χ2n) is 7.29. The monoisotopic (exact) mass is 435 g/mol. The second-order valence-corrected chi connectivity index (χ2v) is 7.29. The van der Waals surface area contributed by atoms with Crippen LogP contribution in [0.4, 0.5) is 10.2 Å². The molecule has 1 amide bonds. The van der Waals surface area contributed by atoms with Crippen molar-refractivity contribution in [2.24, 2.45) is 0 Å². The molecule has 164 valence electrons. The molecule has 0 aliphatic carbocycles. The molecule has 10 heteroatoms. The van der Waals surface area contributed by atoms with Crippen molar-refractivity contribution in [2.75, 3.05) is 11.9 Å². The van der Waals surface area contributed by atoms with Crippen LogP contribution < -0.4 is 16.2 Å². The summed E-state index contributed by atoms with van der Waals surface area (Å²) in [6.45, 7) is 2.21. The van der Waals surface area contributed by atoms with Gasteiger partial charge in [0.05, 0.1) is 5.39 Å². The van der Waals surface area contributed by atoms with Gasteiger partial charge in [0.15, 0.2) is 5.82 Å². The van der Waals surface area contributed by atoms with Crippen molar-refractivity contribution in [3.8, 4) is 0 Å². The fraction of sp³-hybridized carbons (Fsp3) is 0.227. The van der Waals surface area contributed by atoms with E-state index >= 15 is 0 Å². The number of aromatic amines is 1. The third-order valence-electron chi connectivity index (χ3n) is 4.98. The summed E-state index contributed by atoms with van der Waals surface area (Å²) in [6.07, 6.45) is 6.70. The zero-order valence-electron chi connectivity index (χ0n) is 17.4. The summed E-state index contributed by atoms with van der Waals surface area (Å²) in [7, 11) is 0. The van der Waals surface area contributed by atoms with E-state index < -0.39 is 5.82 Å². The summed E-state index contributed by atoms with van der Waals surface area (Å²) >= 11 is 0.